The maximum absolute atomic E-state index is 12.9. The lowest BCUT2D eigenvalue weighted by molar-refractivity contribution is -0.138. The number of aryl methyl sites for hydroxylation is 1. The number of ether oxygens (including phenoxy) is 2. The van der Waals surface area contributed by atoms with Crippen LogP contribution in [0.1, 0.15) is 39.8 Å². The summed E-state index contributed by atoms with van der Waals surface area (Å²) in [7, 11) is 3.08. The number of H-pyrrole nitrogens is 1. The number of hydrogen-bond acceptors (Lipinski definition) is 5. The molecule has 3 rings (SSSR count). The zero-order chi connectivity index (χ0) is 18.8. The molecule has 2 N–H and O–H groups in total. The van der Waals surface area contributed by atoms with Crippen LogP contribution < -0.4 is 9.47 Å². The number of nitrogens with zero attached hydrogens (tertiary/aromatic N) is 2. The highest BCUT2D eigenvalue weighted by atomic mass is 16.5. The van der Waals surface area contributed by atoms with Gasteiger partial charge in [0.2, 0.25) is 0 Å². The number of carboxylic acid groups (broad SMARTS) is 1. The average Bonchev–Trinajstić information content (AvgIpc) is 3.06. The van der Waals surface area contributed by atoms with Crippen molar-refractivity contribution in [2.45, 2.75) is 25.8 Å². The normalized spacial score (nSPS) is 16.1. The Morgan fingerprint density at radius 2 is 1.96 bits per heavy atom. The van der Waals surface area contributed by atoms with Gasteiger partial charge in [-0.3, -0.25) is 14.7 Å². The number of carbonyl (C=O) groups is 2. The summed E-state index contributed by atoms with van der Waals surface area (Å²) in [5.41, 5.74) is 2.77. The fourth-order valence-electron chi connectivity index (χ4n) is 3.33. The molecule has 138 valence electrons. The molecule has 0 spiro atoms. The number of carbonyl (C=O) groups excluding carboxylic acids is 1. The van der Waals surface area contributed by atoms with Gasteiger partial charge in [0.05, 0.1) is 26.7 Å². The Morgan fingerprint density at radius 1 is 1.27 bits per heavy atom. The number of methoxy groups -OCH3 is 2. The van der Waals surface area contributed by atoms with Crippen LogP contribution in [-0.4, -0.2) is 52.8 Å². The number of nitrogens with one attached hydrogen (secondary N) is 1. The highest BCUT2D eigenvalue weighted by molar-refractivity contribution is 5.93. The molecule has 0 bridgehead atoms. The van der Waals surface area contributed by atoms with Crippen LogP contribution in [0, 0.1) is 6.92 Å². The Kier molecular flexibility index (Phi) is 4.83. The van der Waals surface area contributed by atoms with Gasteiger partial charge in [-0.25, -0.2) is 0 Å². The molecule has 0 radical (unpaired) electrons. The predicted molar refractivity (Wildman–Crippen MR) is 92.6 cm³/mol. The molecule has 26 heavy (non-hydrogen) atoms. The molecule has 1 atom stereocenters. The van der Waals surface area contributed by atoms with E-state index in [1.807, 2.05) is 6.07 Å². The summed E-state index contributed by atoms with van der Waals surface area (Å²) < 4.78 is 10.7. The van der Waals surface area contributed by atoms with Crippen molar-refractivity contribution in [3.05, 3.63) is 40.7 Å². The first-order chi connectivity index (χ1) is 12.4. The van der Waals surface area contributed by atoms with Gasteiger partial charge in [-0.2, -0.15) is 5.10 Å². The van der Waals surface area contributed by atoms with E-state index in [9.17, 15) is 14.7 Å². The van der Waals surface area contributed by atoms with Crippen LogP contribution in [0.5, 0.6) is 11.5 Å². The Bertz CT molecular complexity index is 845. The van der Waals surface area contributed by atoms with Crippen LogP contribution in [0.25, 0.3) is 0 Å². The second-order valence-corrected chi connectivity index (χ2v) is 6.20. The van der Waals surface area contributed by atoms with Crippen LogP contribution in [0.15, 0.2) is 18.2 Å². The van der Waals surface area contributed by atoms with E-state index in [4.69, 9.17) is 9.47 Å². The van der Waals surface area contributed by atoms with E-state index in [-0.39, 0.29) is 18.0 Å². The summed E-state index contributed by atoms with van der Waals surface area (Å²) in [4.78, 5) is 25.9. The van der Waals surface area contributed by atoms with Crippen molar-refractivity contribution >= 4 is 11.9 Å². The van der Waals surface area contributed by atoms with Gasteiger partial charge in [0, 0.05) is 12.2 Å². The molecular formula is C18H21N3O5. The Balaban J connectivity index is 2.03. The van der Waals surface area contributed by atoms with Crippen LogP contribution >= 0.6 is 0 Å². The molecule has 1 unspecified atom stereocenters. The number of hydrogen-bond donors (Lipinski definition) is 2. The number of rotatable bonds is 5. The van der Waals surface area contributed by atoms with Crippen molar-refractivity contribution in [2.24, 2.45) is 0 Å². The molecule has 1 aromatic heterocycles. The fraction of sp³-hybridized carbons (Fsp3) is 0.389. The highest BCUT2D eigenvalue weighted by Crippen LogP contribution is 2.39. The number of carboxylic acids is 1. The van der Waals surface area contributed by atoms with Crippen molar-refractivity contribution in [3.8, 4) is 11.5 Å². The SMILES string of the molecule is COc1cc2c(cc1OC)C(CC(=O)O)N(C(=O)c1cc(C)[nH]n1)CC2. The second-order valence-electron chi connectivity index (χ2n) is 6.20. The van der Waals surface area contributed by atoms with Gasteiger partial charge in [0.25, 0.3) is 5.91 Å². The van der Waals surface area contributed by atoms with Gasteiger partial charge in [0.1, 0.15) is 5.69 Å². The number of fused-ring (bicyclic) bond motifs is 1. The number of aromatic nitrogens is 2. The van der Waals surface area contributed by atoms with Crippen LogP contribution in [0.2, 0.25) is 0 Å². The molecular weight excluding hydrogens is 338 g/mol. The summed E-state index contributed by atoms with van der Waals surface area (Å²) >= 11 is 0. The molecule has 0 saturated carbocycles. The summed E-state index contributed by atoms with van der Waals surface area (Å²) in [6.07, 6.45) is 0.401. The minimum Gasteiger partial charge on any atom is -0.493 e. The lowest BCUT2D eigenvalue weighted by Gasteiger charge is -2.36. The zero-order valence-corrected chi connectivity index (χ0v) is 14.9. The van der Waals surface area contributed by atoms with Crippen molar-refractivity contribution in [1.82, 2.24) is 15.1 Å². The molecule has 2 aromatic rings. The van der Waals surface area contributed by atoms with E-state index < -0.39 is 12.0 Å². The molecule has 2 heterocycles. The fourth-order valence-corrected chi connectivity index (χ4v) is 3.33. The first kappa shape index (κ1) is 17.8. The summed E-state index contributed by atoms with van der Waals surface area (Å²) in [5, 5.41) is 16.1. The Labute approximate surface area is 150 Å². The quantitative estimate of drug-likeness (QED) is 0.845. The first-order valence-electron chi connectivity index (χ1n) is 8.24. The van der Waals surface area contributed by atoms with Gasteiger partial charge in [-0.15, -0.1) is 0 Å². The van der Waals surface area contributed by atoms with Crippen LogP contribution in [0.3, 0.4) is 0 Å². The average molecular weight is 359 g/mol. The maximum Gasteiger partial charge on any atom is 0.305 e. The smallest absolute Gasteiger partial charge is 0.305 e. The van der Waals surface area contributed by atoms with Crippen LogP contribution in [-0.2, 0) is 11.2 Å². The molecule has 8 nitrogen and oxygen atoms in total. The van der Waals surface area contributed by atoms with Crippen molar-refractivity contribution in [2.75, 3.05) is 20.8 Å². The molecule has 1 amide bonds. The number of amides is 1. The largest absolute Gasteiger partial charge is 0.493 e. The van der Waals surface area contributed by atoms with Crippen molar-refractivity contribution in [1.29, 1.82) is 0 Å². The van der Waals surface area contributed by atoms with Gasteiger partial charge in [-0.05, 0) is 42.7 Å². The van der Waals surface area contributed by atoms with E-state index in [2.05, 4.69) is 10.2 Å². The van der Waals surface area contributed by atoms with Gasteiger partial charge >= 0.3 is 5.97 Å². The minimum absolute atomic E-state index is 0.197. The molecule has 1 aliphatic heterocycles. The summed E-state index contributed by atoms with van der Waals surface area (Å²) in [6.45, 7) is 2.21. The van der Waals surface area contributed by atoms with Crippen molar-refractivity contribution < 1.29 is 24.2 Å². The molecule has 1 aliphatic rings. The molecule has 0 saturated heterocycles. The van der Waals surface area contributed by atoms with E-state index >= 15 is 0 Å². The minimum atomic E-state index is -0.978. The van der Waals surface area contributed by atoms with Gasteiger partial charge in [-0.1, -0.05) is 0 Å². The molecule has 0 aliphatic carbocycles. The topological polar surface area (TPSA) is 105 Å². The Morgan fingerprint density at radius 3 is 2.54 bits per heavy atom. The van der Waals surface area contributed by atoms with Gasteiger partial charge < -0.3 is 19.5 Å². The third-order valence-corrected chi connectivity index (χ3v) is 4.56. The third kappa shape index (κ3) is 3.22. The highest BCUT2D eigenvalue weighted by Gasteiger charge is 2.34. The third-order valence-electron chi connectivity index (χ3n) is 4.56. The van der Waals surface area contributed by atoms with Crippen LogP contribution in [0.4, 0.5) is 0 Å². The monoisotopic (exact) mass is 359 g/mol. The van der Waals surface area contributed by atoms with Gasteiger partial charge in [0.15, 0.2) is 11.5 Å². The lowest BCUT2D eigenvalue weighted by atomic mass is 9.89. The first-order valence-corrected chi connectivity index (χ1v) is 8.24. The summed E-state index contributed by atoms with van der Waals surface area (Å²) in [5.74, 6) is -0.177. The molecule has 0 fully saturated rings. The second kappa shape index (κ2) is 7.07. The number of aliphatic carboxylic acids is 1. The van der Waals surface area contributed by atoms with E-state index in [1.165, 1.54) is 7.11 Å². The zero-order valence-electron chi connectivity index (χ0n) is 14.9. The number of aromatic amines is 1. The standard InChI is InChI=1S/C18H21N3O5/c1-10-6-13(20-19-10)18(24)21-5-4-11-7-15(25-2)16(26-3)8-12(11)14(21)9-17(22)23/h6-8,14H,4-5,9H2,1-3H3,(H,19,20)(H,22,23). The molecule has 1 aromatic carbocycles. The predicted octanol–water partition coefficient (Wildman–Crippen LogP) is 1.95. The van der Waals surface area contributed by atoms with E-state index in [0.29, 0.717) is 24.5 Å². The molecule has 8 heteroatoms. The van der Waals surface area contributed by atoms with Crippen molar-refractivity contribution in [3.63, 3.8) is 0 Å². The van der Waals surface area contributed by atoms with E-state index in [0.717, 1.165) is 16.8 Å². The maximum atomic E-state index is 12.9. The summed E-state index contributed by atoms with van der Waals surface area (Å²) in [6, 6.07) is 4.67. The van der Waals surface area contributed by atoms with E-state index in [1.54, 1.807) is 31.1 Å². The number of benzene rings is 1. The Hall–Kier alpha value is -3.03. The lowest BCUT2D eigenvalue weighted by Crippen LogP contribution is -2.41.